The van der Waals surface area contributed by atoms with Crippen LogP contribution in [0.5, 0.6) is 0 Å². The highest BCUT2D eigenvalue weighted by Crippen LogP contribution is 2.24. The van der Waals surface area contributed by atoms with Gasteiger partial charge in [0.25, 0.3) is 0 Å². The fourth-order valence-electron chi connectivity index (χ4n) is 3.76. The molecular formula is C21H21FN2O. The number of hydrogen-bond acceptors (Lipinski definition) is 1. The van der Waals surface area contributed by atoms with Gasteiger partial charge < -0.3 is 9.88 Å². The van der Waals surface area contributed by atoms with E-state index in [2.05, 4.69) is 29.2 Å². The number of aryl methyl sites for hydroxylation is 1. The summed E-state index contributed by atoms with van der Waals surface area (Å²) in [6.07, 6.45) is 2.10. The topological polar surface area (TPSA) is 36.1 Å². The fourth-order valence-corrected chi connectivity index (χ4v) is 3.76. The smallest absolute Gasteiger partial charge is 0.227 e. The number of fused-ring (bicyclic) bond motifs is 2. The minimum absolute atomic E-state index is 0.112. The van der Waals surface area contributed by atoms with Crippen molar-refractivity contribution in [3.63, 3.8) is 0 Å². The molecule has 0 unspecified atom stereocenters. The zero-order valence-corrected chi connectivity index (χ0v) is 14.3. The number of H-pyrrole nitrogens is 1. The monoisotopic (exact) mass is 336 g/mol. The summed E-state index contributed by atoms with van der Waals surface area (Å²) in [4.78, 5) is 18.1. The number of aromatic amines is 1. The van der Waals surface area contributed by atoms with E-state index in [0.29, 0.717) is 6.42 Å². The van der Waals surface area contributed by atoms with Gasteiger partial charge in [-0.15, -0.1) is 0 Å². The number of benzene rings is 2. The molecule has 3 aromatic rings. The summed E-state index contributed by atoms with van der Waals surface area (Å²) in [5, 5.41) is 0.809. The number of hydrogen-bond donors (Lipinski definition) is 1. The first-order valence-electron chi connectivity index (χ1n) is 8.73. The molecule has 0 aliphatic carbocycles. The second-order valence-corrected chi connectivity index (χ2v) is 6.74. The molecule has 0 saturated carbocycles. The van der Waals surface area contributed by atoms with Crippen LogP contribution in [0.15, 0.2) is 42.5 Å². The van der Waals surface area contributed by atoms with Crippen molar-refractivity contribution < 1.29 is 9.18 Å². The number of nitrogens with one attached hydrogen (secondary N) is 1. The van der Waals surface area contributed by atoms with Crippen LogP contribution in [0.4, 0.5) is 4.39 Å². The molecule has 1 aliphatic rings. The summed E-state index contributed by atoms with van der Waals surface area (Å²) < 4.78 is 13.6. The highest BCUT2D eigenvalue weighted by molar-refractivity contribution is 5.90. The summed E-state index contributed by atoms with van der Waals surface area (Å²) in [5.74, 6) is -0.161. The molecular weight excluding hydrogens is 315 g/mol. The Morgan fingerprint density at radius 1 is 1.12 bits per heavy atom. The quantitative estimate of drug-likeness (QED) is 0.759. The Hall–Kier alpha value is -2.62. The van der Waals surface area contributed by atoms with Gasteiger partial charge in [0.15, 0.2) is 0 Å². The number of rotatable bonds is 2. The van der Waals surface area contributed by atoms with Crippen molar-refractivity contribution in [2.24, 2.45) is 0 Å². The summed E-state index contributed by atoms with van der Waals surface area (Å²) in [7, 11) is 0. The predicted octanol–water partition coefficient (Wildman–Crippen LogP) is 3.79. The van der Waals surface area contributed by atoms with E-state index in [1.165, 1.54) is 23.3 Å². The van der Waals surface area contributed by atoms with Crippen molar-refractivity contribution in [2.45, 2.75) is 26.2 Å². The van der Waals surface area contributed by atoms with Crippen molar-refractivity contribution in [1.29, 1.82) is 0 Å². The molecule has 0 saturated heterocycles. The van der Waals surface area contributed by atoms with E-state index in [0.717, 1.165) is 48.1 Å². The van der Waals surface area contributed by atoms with Gasteiger partial charge in [-0.2, -0.15) is 0 Å². The van der Waals surface area contributed by atoms with E-state index in [-0.39, 0.29) is 11.7 Å². The lowest BCUT2D eigenvalue weighted by Crippen LogP contribution is -2.34. The molecule has 1 amide bonds. The third-order valence-electron chi connectivity index (χ3n) is 5.18. The van der Waals surface area contributed by atoms with Crippen molar-refractivity contribution in [3.8, 4) is 0 Å². The molecule has 3 nitrogen and oxygen atoms in total. The maximum atomic E-state index is 13.6. The number of carbonyl (C=O) groups excluding carboxylic acids is 1. The Balaban J connectivity index is 1.55. The molecule has 0 bridgehead atoms. The second kappa shape index (κ2) is 6.36. The molecule has 1 aromatic heterocycles. The number of halogens is 1. The maximum absolute atomic E-state index is 13.6. The Kier molecular flexibility index (Phi) is 4.04. The third-order valence-corrected chi connectivity index (χ3v) is 5.18. The van der Waals surface area contributed by atoms with Gasteiger partial charge in [-0.3, -0.25) is 4.79 Å². The fraction of sp³-hybridized carbons (Fsp3) is 0.286. The molecule has 0 radical (unpaired) electrons. The lowest BCUT2D eigenvalue weighted by Gasteiger charge is -2.20. The van der Waals surface area contributed by atoms with Crippen LogP contribution in [-0.4, -0.2) is 28.9 Å². The minimum Gasteiger partial charge on any atom is -0.358 e. The van der Waals surface area contributed by atoms with Crippen LogP contribution in [-0.2, 0) is 24.1 Å². The molecule has 0 spiro atoms. The zero-order chi connectivity index (χ0) is 17.4. The Labute approximate surface area is 146 Å². The molecule has 4 rings (SSSR count). The van der Waals surface area contributed by atoms with Gasteiger partial charge in [-0.05, 0) is 54.7 Å². The first-order valence-corrected chi connectivity index (χ1v) is 8.73. The first kappa shape index (κ1) is 15.9. The van der Waals surface area contributed by atoms with Crippen LogP contribution in [0.3, 0.4) is 0 Å². The molecule has 25 heavy (non-hydrogen) atoms. The van der Waals surface area contributed by atoms with Crippen LogP contribution in [0.1, 0.15) is 22.4 Å². The molecule has 4 heteroatoms. The van der Waals surface area contributed by atoms with Crippen molar-refractivity contribution in [3.05, 3.63) is 70.7 Å². The summed E-state index contributed by atoms with van der Waals surface area (Å²) in [5.41, 5.74) is 5.39. The van der Waals surface area contributed by atoms with Gasteiger partial charge in [0.1, 0.15) is 5.82 Å². The van der Waals surface area contributed by atoms with E-state index < -0.39 is 0 Å². The first-order chi connectivity index (χ1) is 12.1. The van der Waals surface area contributed by atoms with E-state index >= 15 is 0 Å². The number of amides is 1. The third kappa shape index (κ3) is 3.04. The molecule has 0 atom stereocenters. The lowest BCUT2D eigenvalue weighted by atomic mass is 10.0. The average molecular weight is 336 g/mol. The molecule has 1 aliphatic heterocycles. The molecule has 1 N–H and O–H groups in total. The number of aromatic nitrogens is 1. The Bertz CT molecular complexity index is 917. The van der Waals surface area contributed by atoms with Gasteiger partial charge in [-0.1, -0.05) is 24.3 Å². The SMILES string of the molecule is Cc1[nH]c2ccc(F)cc2c1CC(=O)N1CCc2ccccc2CC1. The van der Waals surface area contributed by atoms with E-state index in [1.54, 1.807) is 6.07 Å². The largest absolute Gasteiger partial charge is 0.358 e. The van der Waals surface area contributed by atoms with Gasteiger partial charge in [-0.25, -0.2) is 4.39 Å². The van der Waals surface area contributed by atoms with Crippen LogP contribution in [0, 0.1) is 12.7 Å². The van der Waals surface area contributed by atoms with Crippen molar-refractivity contribution in [1.82, 2.24) is 9.88 Å². The minimum atomic E-state index is -0.273. The van der Waals surface area contributed by atoms with Gasteiger partial charge in [0.2, 0.25) is 5.91 Å². The molecule has 2 aromatic carbocycles. The van der Waals surface area contributed by atoms with E-state index in [9.17, 15) is 9.18 Å². The summed E-state index contributed by atoms with van der Waals surface area (Å²) >= 11 is 0. The standard InChI is InChI=1S/C21H21FN2O/c1-14-18(19-12-17(22)6-7-20(19)23-14)13-21(25)24-10-8-15-4-2-3-5-16(15)9-11-24/h2-7,12,23H,8-11,13H2,1H3. The predicted molar refractivity (Wildman–Crippen MR) is 97.1 cm³/mol. The molecule has 2 heterocycles. The maximum Gasteiger partial charge on any atom is 0.227 e. The van der Waals surface area contributed by atoms with Crippen LogP contribution in [0.25, 0.3) is 10.9 Å². The highest BCUT2D eigenvalue weighted by atomic mass is 19.1. The van der Waals surface area contributed by atoms with Crippen LogP contribution >= 0.6 is 0 Å². The number of carbonyl (C=O) groups is 1. The average Bonchev–Trinajstić information content (AvgIpc) is 2.79. The van der Waals surface area contributed by atoms with E-state index in [4.69, 9.17) is 0 Å². The second-order valence-electron chi connectivity index (χ2n) is 6.74. The van der Waals surface area contributed by atoms with E-state index in [1.807, 2.05) is 11.8 Å². The van der Waals surface area contributed by atoms with Gasteiger partial charge >= 0.3 is 0 Å². The Morgan fingerprint density at radius 2 is 1.80 bits per heavy atom. The van der Waals surface area contributed by atoms with Crippen LogP contribution < -0.4 is 0 Å². The van der Waals surface area contributed by atoms with Crippen molar-refractivity contribution in [2.75, 3.05) is 13.1 Å². The zero-order valence-electron chi connectivity index (χ0n) is 14.3. The normalized spacial score (nSPS) is 14.4. The Morgan fingerprint density at radius 3 is 2.48 bits per heavy atom. The van der Waals surface area contributed by atoms with Gasteiger partial charge in [0, 0.05) is 29.7 Å². The van der Waals surface area contributed by atoms with Gasteiger partial charge in [0.05, 0.1) is 6.42 Å². The van der Waals surface area contributed by atoms with Crippen molar-refractivity contribution >= 4 is 16.8 Å². The summed E-state index contributed by atoms with van der Waals surface area (Å²) in [6, 6.07) is 13.1. The number of nitrogens with zero attached hydrogens (tertiary/aromatic N) is 1. The molecule has 128 valence electrons. The highest BCUT2D eigenvalue weighted by Gasteiger charge is 2.20. The van der Waals surface area contributed by atoms with Crippen LogP contribution in [0.2, 0.25) is 0 Å². The molecule has 0 fully saturated rings. The lowest BCUT2D eigenvalue weighted by molar-refractivity contribution is -0.130. The summed E-state index contributed by atoms with van der Waals surface area (Å²) in [6.45, 7) is 3.43.